The van der Waals surface area contributed by atoms with Crippen LogP contribution in [0, 0.1) is 18.8 Å². The van der Waals surface area contributed by atoms with Gasteiger partial charge in [-0.05, 0) is 54.7 Å². The Kier molecular flexibility index (Phi) is 4.73. The van der Waals surface area contributed by atoms with Crippen molar-refractivity contribution < 1.29 is 9.47 Å². The highest BCUT2D eigenvalue weighted by Gasteiger charge is 2.26. The van der Waals surface area contributed by atoms with E-state index in [1.54, 1.807) is 26.7 Å². The standard InChI is InChI=1S/C23H20N6O2/c1-15-8-9-24-16(10-15)4-6-19-21-12-28-22(13-30-2)26-27-23(28)18-11-17(31-3)5-7-20(18)29(21)14-25-19/h5,7-11,14H,12-13H2,1-3H3. The summed E-state index contributed by atoms with van der Waals surface area (Å²) in [5.41, 5.74) is 5.32. The Morgan fingerprint density at radius 1 is 1.06 bits per heavy atom. The summed E-state index contributed by atoms with van der Waals surface area (Å²) in [5.74, 6) is 8.57. The van der Waals surface area contributed by atoms with Crippen LogP contribution in [0.5, 0.6) is 5.75 Å². The Morgan fingerprint density at radius 3 is 2.77 bits per heavy atom. The van der Waals surface area contributed by atoms with Crippen molar-refractivity contribution in [1.29, 1.82) is 0 Å². The molecule has 5 rings (SSSR count). The van der Waals surface area contributed by atoms with Gasteiger partial charge in [-0.1, -0.05) is 0 Å². The second kappa shape index (κ2) is 7.70. The number of fused-ring (bicyclic) bond motifs is 5. The first kappa shape index (κ1) is 19.0. The maximum atomic E-state index is 5.44. The van der Waals surface area contributed by atoms with Gasteiger partial charge in [0.2, 0.25) is 0 Å². The second-order valence-electron chi connectivity index (χ2n) is 7.22. The number of rotatable bonds is 3. The van der Waals surface area contributed by atoms with E-state index in [0.29, 0.717) is 24.5 Å². The molecule has 0 spiro atoms. The van der Waals surface area contributed by atoms with Crippen LogP contribution in [0.25, 0.3) is 17.1 Å². The van der Waals surface area contributed by atoms with Gasteiger partial charge >= 0.3 is 0 Å². The highest BCUT2D eigenvalue weighted by Crippen LogP contribution is 2.34. The van der Waals surface area contributed by atoms with Gasteiger partial charge in [-0.3, -0.25) is 4.57 Å². The Bertz CT molecular complexity index is 1340. The van der Waals surface area contributed by atoms with Crippen molar-refractivity contribution in [3.8, 4) is 34.7 Å². The molecule has 4 heterocycles. The molecule has 31 heavy (non-hydrogen) atoms. The number of pyridine rings is 1. The van der Waals surface area contributed by atoms with Gasteiger partial charge in [0, 0.05) is 18.9 Å². The van der Waals surface area contributed by atoms with E-state index >= 15 is 0 Å². The number of hydrogen-bond acceptors (Lipinski definition) is 6. The first-order valence-electron chi connectivity index (χ1n) is 9.78. The summed E-state index contributed by atoms with van der Waals surface area (Å²) < 4.78 is 14.9. The summed E-state index contributed by atoms with van der Waals surface area (Å²) >= 11 is 0. The maximum absolute atomic E-state index is 5.44. The molecule has 0 N–H and O–H groups in total. The molecule has 0 saturated carbocycles. The number of ether oxygens (including phenoxy) is 2. The molecule has 8 heteroatoms. The molecule has 1 aromatic carbocycles. The van der Waals surface area contributed by atoms with Crippen molar-refractivity contribution in [1.82, 2.24) is 29.3 Å². The molecular formula is C23H20N6O2. The molecule has 1 aliphatic rings. The number of imidazole rings is 1. The predicted molar refractivity (Wildman–Crippen MR) is 114 cm³/mol. The number of hydrogen-bond donors (Lipinski definition) is 0. The van der Waals surface area contributed by atoms with Crippen LogP contribution >= 0.6 is 0 Å². The molecule has 0 unspecified atom stereocenters. The summed E-state index contributed by atoms with van der Waals surface area (Å²) in [6.07, 6.45) is 3.56. The molecule has 0 radical (unpaired) electrons. The van der Waals surface area contributed by atoms with Crippen LogP contribution in [0.15, 0.2) is 42.9 Å². The largest absolute Gasteiger partial charge is 0.497 e. The van der Waals surface area contributed by atoms with Gasteiger partial charge in [-0.2, -0.15) is 0 Å². The summed E-state index contributed by atoms with van der Waals surface area (Å²) in [6, 6.07) is 9.79. The van der Waals surface area contributed by atoms with Crippen LogP contribution in [0.4, 0.5) is 0 Å². The van der Waals surface area contributed by atoms with Gasteiger partial charge < -0.3 is 14.0 Å². The zero-order valence-electron chi connectivity index (χ0n) is 17.5. The predicted octanol–water partition coefficient (Wildman–Crippen LogP) is 2.75. The molecule has 8 nitrogen and oxygen atoms in total. The Balaban J connectivity index is 1.68. The number of aromatic nitrogens is 6. The van der Waals surface area contributed by atoms with Crippen LogP contribution in [0.3, 0.4) is 0 Å². The lowest BCUT2D eigenvalue weighted by atomic mass is 10.1. The summed E-state index contributed by atoms with van der Waals surface area (Å²) in [4.78, 5) is 8.92. The van der Waals surface area contributed by atoms with Gasteiger partial charge in [0.05, 0.1) is 25.0 Å². The normalized spacial score (nSPS) is 11.6. The SMILES string of the molecule is COCc1nnc2n1Cc1c(C#Cc3cc(C)ccn3)ncn1-c1ccc(OC)cc1-2. The van der Waals surface area contributed by atoms with Gasteiger partial charge in [0.15, 0.2) is 11.6 Å². The Morgan fingerprint density at radius 2 is 1.97 bits per heavy atom. The van der Waals surface area contributed by atoms with E-state index in [4.69, 9.17) is 9.47 Å². The minimum absolute atomic E-state index is 0.356. The van der Waals surface area contributed by atoms with E-state index in [2.05, 4.69) is 32.0 Å². The average Bonchev–Trinajstić information content (AvgIpc) is 3.33. The lowest BCUT2D eigenvalue weighted by Gasteiger charge is -2.09. The molecule has 0 aliphatic carbocycles. The third kappa shape index (κ3) is 3.35. The second-order valence-corrected chi connectivity index (χ2v) is 7.22. The number of aryl methyl sites for hydroxylation is 1. The van der Waals surface area contributed by atoms with Crippen molar-refractivity contribution in [3.63, 3.8) is 0 Å². The van der Waals surface area contributed by atoms with Crippen LogP contribution < -0.4 is 4.74 Å². The smallest absolute Gasteiger partial charge is 0.166 e. The molecule has 0 saturated heterocycles. The summed E-state index contributed by atoms with van der Waals surface area (Å²) in [6.45, 7) is 2.89. The van der Waals surface area contributed by atoms with Crippen LogP contribution in [-0.4, -0.2) is 43.5 Å². The molecule has 0 amide bonds. The lowest BCUT2D eigenvalue weighted by Crippen LogP contribution is -2.09. The minimum atomic E-state index is 0.356. The number of benzene rings is 1. The quantitative estimate of drug-likeness (QED) is 0.424. The third-order valence-corrected chi connectivity index (χ3v) is 5.20. The molecule has 0 bridgehead atoms. The van der Waals surface area contributed by atoms with Crippen molar-refractivity contribution in [2.75, 3.05) is 14.2 Å². The lowest BCUT2D eigenvalue weighted by molar-refractivity contribution is 0.174. The minimum Gasteiger partial charge on any atom is -0.497 e. The van der Waals surface area contributed by atoms with Gasteiger partial charge in [0.1, 0.15) is 30.1 Å². The zero-order chi connectivity index (χ0) is 21.4. The molecule has 0 fully saturated rings. The van der Waals surface area contributed by atoms with Crippen molar-refractivity contribution in [2.45, 2.75) is 20.1 Å². The Hall–Kier alpha value is -3.96. The first-order valence-corrected chi connectivity index (χ1v) is 9.78. The molecule has 154 valence electrons. The van der Waals surface area contributed by atoms with E-state index in [1.165, 1.54) is 0 Å². The van der Waals surface area contributed by atoms with Crippen LogP contribution in [0.1, 0.15) is 28.5 Å². The van der Waals surface area contributed by atoms with E-state index < -0.39 is 0 Å². The van der Waals surface area contributed by atoms with Gasteiger partial charge in [0.25, 0.3) is 0 Å². The fourth-order valence-corrected chi connectivity index (χ4v) is 3.68. The topological polar surface area (TPSA) is 79.9 Å². The molecular weight excluding hydrogens is 392 g/mol. The molecule has 0 atom stereocenters. The van der Waals surface area contributed by atoms with E-state index in [0.717, 1.165) is 39.9 Å². The third-order valence-electron chi connectivity index (χ3n) is 5.20. The number of nitrogens with zero attached hydrogens (tertiary/aromatic N) is 6. The highest BCUT2D eigenvalue weighted by molar-refractivity contribution is 5.71. The Labute approximate surface area is 179 Å². The van der Waals surface area contributed by atoms with Crippen LogP contribution in [0.2, 0.25) is 0 Å². The molecule has 1 aliphatic heterocycles. The van der Waals surface area contributed by atoms with E-state index in [9.17, 15) is 0 Å². The number of methoxy groups -OCH3 is 2. The van der Waals surface area contributed by atoms with Gasteiger partial charge in [-0.25, -0.2) is 9.97 Å². The fourth-order valence-electron chi connectivity index (χ4n) is 3.68. The van der Waals surface area contributed by atoms with Crippen molar-refractivity contribution in [3.05, 3.63) is 71.3 Å². The van der Waals surface area contributed by atoms with Gasteiger partial charge in [-0.15, -0.1) is 10.2 Å². The summed E-state index contributed by atoms with van der Waals surface area (Å²) in [5, 5.41) is 8.79. The fraction of sp³-hybridized carbons (Fsp3) is 0.217. The van der Waals surface area contributed by atoms with Crippen LogP contribution in [-0.2, 0) is 17.9 Å². The summed E-state index contributed by atoms with van der Waals surface area (Å²) in [7, 11) is 3.29. The van der Waals surface area contributed by atoms with E-state index in [1.807, 2.05) is 46.4 Å². The van der Waals surface area contributed by atoms with Crippen molar-refractivity contribution >= 4 is 0 Å². The molecule has 4 aromatic rings. The van der Waals surface area contributed by atoms with Crippen molar-refractivity contribution in [2.24, 2.45) is 0 Å². The zero-order valence-corrected chi connectivity index (χ0v) is 17.5. The molecule has 3 aromatic heterocycles. The average molecular weight is 412 g/mol. The monoisotopic (exact) mass is 412 g/mol. The first-order chi connectivity index (χ1) is 15.2. The van der Waals surface area contributed by atoms with E-state index in [-0.39, 0.29) is 0 Å². The highest BCUT2D eigenvalue weighted by atomic mass is 16.5. The maximum Gasteiger partial charge on any atom is 0.166 e.